The van der Waals surface area contributed by atoms with Crippen LogP contribution in [0.1, 0.15) is 34.3 Å². The van der Waals surface area contributed by atoms with Crippen LogP contribution in [0.2, 0.25) is 0 Å². The normalized spacial score (nSPS) is 16.8. The highest BCUT2D eigenvalue weighted by Gasteiger charge is 2.29. The first-order chi connectivity index (χ1) is 12.8. The first-order valence-electron chi connectivity index (χ1n) is 9.19. The fourth-order valence-corrected chi connectivity index (χ4v) is 3.76. The van der Waals surface area contributed by atoms with Gasteiger partial charge in [-0.3, -0.25) is 4.79 Å². The van der Waals surface area contributed by atoms with Crippen LogP contribution >= 0.6 is 0 Å². The molecule has 1 aliphatic rings. The van der Waals surface area contributed by atoms with Crippen molar-refractivity contribution in [1.29, 1.82) is 0 Å². The molecule has 0 spiro atoms. The molecule has 0 radical (unpaired) electrons. The Morgan fingerprint density at radius 3 is 2.73 bits per heavy atom. The molecule has 4 heteroatoms. The molecule has 1 atom stereocenters. The average molecular weight is 345 g/mol. The van der Waals surface area contributed by atoms with Crippen molar-refractivity contribution in [2.24, 2.45) is 0 Å². The van der Waals surface area contributed by atoms with Gasteiger partial charge in [0.1, 0.15) is 0 Å². The van der Waals surface area contributed by atoms with Gasteiger partial charge in [0.2, 0.25) is 0 Å². The van der Waals surface area contributed by atoms with E-state index in [1.54, 1.807) is 12.5 Å². The van der Waals surface area contributed by atoms with Crippen LogP contribution in [0.15, 0.2) is 73.3 Å². The molecule has 1 saturated heterocycles. The van der Waals surface area contributed by atoms with E-state index in [0.29, 0.717) is 6.04 Å². The van der Waals surface area contributed by atoms with E-state index < -0.39 is 0 Å². The van der Waals surface area contributed by atoms with Crippen LogP contribution < -0.4 is 0 Å². The molecule has 1 fully saturated rings. The third-order valence-electron chi connectivity index (χ3n) is 5.05. The van der Waals surface area contributed by atoms with Crippen molar-refractivity contribution in [1.82, 2.24) is 14.5 Å². The number of likely N-dealkylation sites (tertiary alicyclic amines) is 1. The lowest BCUT2D eigenvalue weighted by Crippen LogP contribution is -2.36. The number of benzene rings is 2. The number of hydrogen-bond donors (Lipinski definition) is 0. The lowest BCUT2D eigenvalue weighted by Gasteiger charge is -2.25. The van der Waals surface area contributed by atoms with Crippen molar-refractivity contribution < 1.29 is 4.79 Å². The number of amides is 1. The summed E-state index contributed by atoms with van der Waals surface area (Å²) in [4.78, 5) is 19.2. The van der Waals surface area contributed by atoms with E-state index in [4.69, 9.17) is 0 Å². The van der Waals surface area contributed by atoms with Crippen LogP contribution in [0, 0.1) is 0 Å². The Morgan fingerprint density at radius 1 is 1.08 bits per heavy atom. The smallest absolute Gasteiger partial charge is 0.254 e. The third kappa shape index (κ3) is 3.69. The number of carbonyl (C=O) groups excluding carboxylic acids is 1. The molecule has 1 aliphatic heterocycles. The monoisotopic (exact) mass is 345 g/mol. The molecule has 2 heterocycles. The summed E-state index contributed by atoms with van der Waals surface area (Å²) in [7, 11) is 0. The molecule has 4 rings (SSSR count). The van der Waals surface area contributed by atoms with Crippen molar-refractivity contribution >= 4 is 5.91 Å². The van der Waals surface area contributed by atoms with Crippen LogP contribution in [0.5, 0.6) is 0 Å². The summed E-state index contributed by atoms with van der Waals surface area (Å²) in [5.74, 6) is 0.149. The standard InChI is InChI=1S/C22H23N3O/c26-22(20-9-4-8-19(14-20)16-24-13-11-23-17-24)25-12-5-10-21(25)15-18-6-2-1-3-7-18/h1-4,6-9,11,13-14,17,21H,5,10,12,15-16H2/t21-/m0/s1. The van der Waals surface area contributed by atoms with E-state index in [9.17, 15) is 4.79 Å². The zero-order chi connectivity index (χ0) is 17.8. The van der Waals surface area contributed by atoms with Crippen LogP contribution in [0.3, 0.4) is 0 Å². The molecule has 3 aromatic rings. The highest BCUT2D eigenvalue weighted by molar-refractivity contribution is 5.94. The van der Waals surface area contributed by atoms with Crippen LogP contribution in [-0.2, 0) is 13.0 Å². The summed E-state index contributed by atoms with van der Waals surface area (Å²) in [6.07, 6.45) is 8.60. The van der Waals surface area contributed by atoms with Crippen molar-refractivity contribution in [3.63, 3.8) is 0 Å². The minimum atomic E-state index is 0.149. The summed E-state index contributed by atoms with van der Waals surface area (Å²) in [5, 5.41) is 0. The van der Waals surface area contributed by atoms with Gasteiger partial charge in [0.25, 0.3) is 5.91 Å². The predicted molar refractivity (Wildman–Crippen MR) is 102 cm³/mol. The van der Waals surface area contributed by atoms with E-state index in [1.807, 2.05) is 35.0 Å². The lowest BCUT2D eigenvalue weighted by atomic mass is 10.0. The fourth-order valence-electron chi connectivity index (χ4n) is 3.76. The second-order valence-electron chi connectivity index (χ2n) is 6.92. The molecular weight excluding hydrogens is 322 g/mol. The quantitative estimate of drug-likeness (QED) is 0.706. The molecule has 1 amide bonds. The number of nitrogens with zero attached hydrogens (tertiary/aromatic N) is 3. The summed E-state index contributed by atoms with van der Waals surface area (Å²) in [6.45, 7) is 1.58. The Labute approximate surface area is 154 Å². The van der Waals surface area contributed by atoms with Gasteiger partial charge >= 0.3 is 0 Å². The molecule has 0 saturated carbocycles. The van der Waals surface area contributed by atoms with Crippen molar-refractivity contribution in [3.05, 3.63) is 90.0 Å². The highest BCUT2D eigenvalue weighted by Crippen LogP contribution is 2.24. The van der Waals surface area contributed by atoms with Crippen molar-refractivity contribution in [2.45, 2.75) is 31.8 Å². The number of imidazole rings is 1. The molecule has 26 heavy (non-hydrogen) atoms. The summed E-state index contributed by atoms with van der Waals surface area (Å²) < 4.78 is 2.01. The highest BCUT2D eigenvalue weighted by atomic mass is 16.2. The molecular formula is C22H23N3O. The van der Waals surface area contributed by atoms with Gasteiger partial charge in [-0.05, 0) is 42.5 Å². The third-order valence-corrected chi connectivity index (χ3v) is 5.05. The van der Waals surface area contributed by atoms with Gasteiger partial charge in [0, 0.05) is 37.1 Å². The molecule has 132 valence electrons. The van der Waals surface area contributed by atoms with Gasteiger partial charge in [-0.1, -0.05) is 42.5 Å². The predicted octanol–water partition coefficient (Wildman–Crippen LogP) is 3.78. The van der Waals surface area contributed by atoms with Gasteiger partial charge in [0.05, 0.1) is 6.33 Å². The maximum atomic E-state index is 13.1. The maximum Gasteiger partial charge on any atom is 0.254 e. The van der Waals surface area contributed by atoms with Crippen LogP contribution in [0.25, 0.3) is 0 Å². The number of rotatable bonds is 5. The van der Waals surface area contributed by atoms with Gasteiger partial charge < -0.3 is 9.47 Å². The molecule has 0 aliphatic carbocycles. The van der Waals surface area contributed by atoms with E-state index in [-0.39, 0.29) is 5.91 Å². The first-order valence-corrected chi connectivity index (χ1v) is 9.19. The molecule has 1 aromatic heterocycles. The molecule has 0 N–H and O–H groups in total. The molecule has 0 bridgehead atoms. The van der Waals surface area contributed by atoms with E-state index in [0.717, 1.165) is 43.5 Å². The Kier molecular flexibility index (Phi) is 4.82. The van der Waals surface area contributed by atoms with Crippen LogP contribution in [-0.4, -0.2) is 32.9 Å². The Bertz CT molecular complexity index is 858. The van der Waals surface area contributed by atoms with Gasteiger partial charge in [-0.2, -0.15) is 0 Å². The Balaban J connectivity index is 1.49. The van der Waals surface area contributed by atoms with E-state index in [2.05, 4.69) is 40.2 Å². The zero-order valence-electron chi connectivity index (χ0n) is 14.8. The topological polar surface area (TPSA) is 38.1 Å². The summed E-state index contributed by atoms with van der Waals surface area (Å²) >= 11 is 0. The summed E-state index contributed by atoms with van der Waals surface area (Å²) in [6, 6.07) is 18.7. The minimum Gasteiger partial charge on any atom is -0.335 e. The van der Waals surface area contributed by atoms with Gasteiger partial charge in [-0.15, -0.1) is 0 Å². The number of carbonyl (C=O) groups is 1. The Morgan fingerprint density at radius 2 is 1.92 bits per heavy atom. The average Bonchev–Trinajstić information content (AvgIpc) is 3.34. The lowest BCUT2D eigenvalue weighted by molar-refractivity contribution is 0.0736. The van der Waals surface area contributed by atoms with Crippen molar-refractivity contribution in [2.75, 3.05) is 6.54 Å². The van der Waals surface area contributed by atoms with E-state index >= 15 is 0 Å². The zero-order valence-corrected chi connectivity index (χ0v) is 14.8. The maximum absolute atomic E-state index is 13.1. The first kappa shape index (κ1) is 16.6. The van der Waals surface area contributed by atoms with Crippen molar-refractivity contribution in [3.8, 4) is 0 Å². The van der Waals surface area contributed by atoms with Crippen LogP contribution in [0.4, 0.5) is 0 Å². The van der Waals surface area contributed by atoms with Gasteiger partial charge in [-0.25, -0.2) is 4.98 Å². The fraction of sp³-hybridized carbons (Fsp3) is 0.273. The van der Waals surface area contributed by atoms with Gasteiger partial charge in [0.15, 0.2) is 0 Å². The SMILES string of the molecule is O=C(c1cccc(Cn2ccnc2)c1)N1CCC[C@H]1Cc1ccccc1. The summed E-state index contributed by atoms with van der Waals surface area (Å²) in [5.41, 5.74) is 3.20. The Hall–Kier alpha value is -2.88. The number of hydrogen-bond acceptors (Lipinski definition) is 2. The minimum absolute atomic E-state index is 0.149. The molecule has 2 aromatic carbocycles. The van der Waals surface area contributed by atoms with E-state index in [1.165, 1.54) is 5.56 Å². The largest absolute Gasteiger partial charge is 0.335 e. The number of aromatic nitrogens is 2. The second kappa shape index (κ2) is 7.56. The molecule has 0 unspecified atom stereocenters. The second-order valence-corrected chi connectivity index (χ2v) is 6.92. The molecule has 4 nitrogen and oxygen atoms in total.